The Kier molecular flexibility index (Phi) is 10.3. The highest BCUT2D eigenvalue weighted by Gasteiger charge is 2.36. The highest BCUT2D eigenvalue weighted by atomic mass is 35.5. The minimum absolute atomic E-state index is 0.0135. The van der Waals surface area contributed by atoms with Crippen molar-refractivity contribution in [3.8, 4) is 11.9 Å². The van der Waals surface area contributed by atoms with E-state index >= 15 is 0 Å². The molecule has 1 aromatic carbocycles. The van der Waals surface area contributed by atoms with Crippen LogP contribution in [-0.4, -0.2) is 58.3 Å². The average molecular weight is 605 g/mol. The molecule has 13 nitrogen and oxygen atoms in total. The monoisotopic (exact) mass is 604 g/mol. The molecule has 3 aromatic rings. The van der Waals surface area contributed by atoms with Crippen molar-refractivity contribution >= 4 is 34.9 Å². The lowest BCUT2D eigenvalue weighted by atomic mass is 10.0. The lowest BCUT2D eigenvalue weighted by Gasteiger charge is -2.17. The van der Waals surface area contributed by atoms with Crippen molar-refractivity contribution in [1.29, 1.82) is 5.26 Å². The summed E-state index contributed by atoms with van der Waals surface area (Å²) in [6, 6.07) is 8.69. The van der Waals surface area contributed by atoms with Crippen LogP contribution >= 0.6 is 11.6 Å². The third-order valence-electron chi connectivity index (χ3n) is 5.45. The van der Waals surface area contributed by atoms with E-state index in [9.17, 15) is 28.0 Å². The predicted octanol–water partition coefficient (Wildman–Crippen LogP) is 3.90. The van der Waals surface area contributed by atoms with Gasteiger partial charge < -0.3 is 21.2 Å². The van der Waals surface area contributed by atoms with Gasteiger partial charge in [0.1, 0.15) is 12.2 Å². The van der Waals surface area contributed by atoms with E-state index in [0.29, 0.717) is 5.56 Å². The molecule has 0 fully saturated rings. The molecule has 0 aliphatic carbocycles. The van der Waals surface area contributed by atoms with E-state index in [-0.39, 0.29) is 51.7 Å². The maximum absolute atomic E-state index is 13.6. The number of nitrogens with two attached hydrogens (primary N) is 1. The van der Waals surface area contributed by atoms with Gasteiger partial charge in [-0.25, -0.2) is 9.67 Å². The molecule has 0 saturated carbocycles. The quantitative estimate of drug-likeness (QED) is 0.109. The zero-order valence-corrected chi connectivity index (χ0v) is 23.2. The Morgan fingerprint density at radius 3 is 2.64 bits per heavy atom. The maximum atomic E-state index is 13.6. The van der Waals surface area contributed by atoms with Gasteiger partial charge in [0.2, 0.25) is 0 Å². The molecule has 0 aliphatic rings. The number of ether oxygens (including phenoxy) is 1. The number of methoxy groups -OCH3 is 1. The first kappa shape index (κ1) is 31.6. The number of nitrogens with zero attached hydrogens (tertiary/aromatic N) is 7. The van der Waals surface area contributed by atoms with Gasteiger partial charge in [0.25, 0.3) is 17.6 Å². The smallest absolute Gasteiger partial charge is 0.383 e. The highest BCUT2D eigenvalue weighted by Crippen LogP contribution is 2.26. The van der Waals surface area contributed by atoms with E-state index in [1.54, 1.807) is 19.9 Å². The third-order valence-corrected chi connectivity index (χ3v) is 5.74. The third kappa shape index (κ3) is 7.65. The summed E-state index contributed by atoms with van der Waals surface area (Å²) in [4.78, 5) is 30.8. The van der Waals surface area contributed by atoms with Crippen LogP contribution in [0.25, 0.3) is 5.82 Å². The SMILES string of the molecule is COCC(C)NC(=O)c1cc(C#N)cc(C)c1NC(=O)c1cc(CN=NC(=NN)C(F)(F)F)nn1-c1ncccc1Cl. The summed E-state index contributed by atoms with van der Waals surface area (Å²) < 4.78 is 44.7. The molecule has 220 valence electrons. The van der Waals surface area contributed by atoms with E-state index in [4.69, 9.17) is 22.2 Å². The van der Waals surface area contributed by atoms with Crippen LogP contribution < -0.4 is 16.5 Å². The lowest BCUT2D eigenvalue weighted by Crippen LogP contribution is -2.36. The molecule has 3 rings (SSSR count). The van der Waals surface area contributed by atoms with Gasteiger partial charge in [0, 0.05) is 19.3 Å². The van der Waals surface area contributed by atoms with Crippen LogP contribution in [0.2, 0.25) is 5.02 Å². The summed E-state index contributed by atoms with van der Waals surface area (Å²) in [7, 11) is 1.47. The normalized spacial score (nSPS) is 12.7. The summed E-state index contributed by atoms with van der Waals surface area (Å²) in [5.41, 5.74) is 0.589. The van der Waals surface area contributed by atoms with Crippen LogP contribution in [0.3, 0.4) is 0 Å². The molecule has 0 aliphatic heterocycles. The molecular formula is C25H24ClF3N10O3. The number of aryl methyl sites for hydroxylation is 1. The topological polar surface area (TPSA) is 185 Å². The van der Waals surface area contributed by atoms with Crippen molar-refractivity contribution in [2.24, 2.45) is 21.2 Å². The Morgan fingerprint density at radius 2 is 2.02 bits per heavy atom. The fourth-order valence-corrected chi connectivity index (χ4v) is 3.86. The minimum Gasteiger partial charge on any atom is -0.383 e. The molecule has 2 aromatic heterocycles. The summed E-state index contributed by atoms with van der Waals surface area (Å²) in [5.74, 6) is 1.77. The number of pyridine rings is 1. The van der Waals surface area contributed by atoms with Gasteiger partial charge in [0.15, 0.2) is 5.82 Å². The number of nitrogens with one attached hydrogen (secondary N) is 2. The van der Waals surface area contributed by atoms with Crippen LogP contribution in [-0.2, 0) is 11.3 Å². The van der Waals surface area contributed by atoms with Gasteiger partial charge in [0.05, 0.1) is 40.2 Å². The Labute approximate surface area is 242 Å². The summed E-state index contributed by atoms with van der Waals surface area (Å²) in [6.45, 7) is 3.04. The number of hydrogen-bond donors (Lipinski definition) is 3. The second-order valence-electron chi connectivity index (χ2n) is 8.70. The first-order chi connectivity index (χ1) is 19.9. The number of azo groups is 1. The number of rotatable bonds is 9. The molecule has 4 N–H and O–H groups in total. The number of halogens is 4. The van der Waals surface area contributed by atoms with Crippen molar-refractivity contribution < 1.29 is 27.5 Å². The number of hydrogen-bond acceptors (Lipinski definition) is 9. The van der Waals surface area contributed by atoms with Gasteiger partial charge in [-0.2, -0.15) is 33.7 Å². The Hall–Kier alpha value is -4.88. The first-order valence-electron chi connectivity index (χ1n) is 12.0. The number of carbonyl (C=O) groups is 2. The zero-order chi connectivity index (χ0) is 31.0. The molecule has 17 heteroatoms. The summed E-state index contributed by atoms with van der Waals surface area (Å²) >= 11 is 6.27. The summed E-state index contributed by atoms with van der Waals surface area (Å²) in [6.07, 6.45) is -3.53. The number of aromatic nitrogens is 3. The van der Waals surface area contributed by atoms with E-state index < -0.39 is 30.4 Å². The van der Waals surface area contributed by atoms with Crippen molar-refractivity contribution in [3.63, 3.8) is 0 Å². The van der Waals surface area contributed by atoms with E-state index in [2.05, 4.69) is 36.0 Å². The average Bonchev–Trinajstić information content (AvgIpc) is 3.35. The van der Waals surface area contributed by atoms with E-state index in [0.717, 1.165) is 4.68 Å². The lowest BCUT2D eigenvalue weighted by molar-refractivity contribution is -0.0602. The van der Waals surface area contributed by atoms with Gasteiger partial charge >= 0.3 is 6.18 Å². The van der Waals surface area contributed by atoms with E-state index in [1.807, 2.05) is 6.07 Å². The Morgan fingerprint density at radius 1 is 1.29 bits per heavy atom. The number of benzene rings is 1. The fraction of sp³-hybridized carbons (Fsp3) is 0.280. The van der Waals surface area contributed by atoms with Gasteiger partial charge in [-0.05, 0) is 49.7 Å². The number of nitriles is 1. The molecule has 0 radical (unpaired) electrons. The van der Waals surface area contributed by atoms with Gasteiger partial charge in [-0.15, -0.1) is 5.11 Å². The molecule has 0 saturated heterocycles. The van der Waals surface area contributed by atoms with Crippen LogP contribution in [0, 0.1) is 18.3 Å². The standard InChI is InChI=1S/C25H24ClF3N10O3/c1-13-7-15(10-30)8-17(22(40)34-14(2)12-42-3)20(13)35-23(41)19-9-16(11-33-37-24(36-31)25(27,28)29)38-39(19)21-18(26)5-4-6-32-21/h4-9,14H,11-12,31H2,1-3H3,(H,34,40)(H,35,41). The van der Waals surface area contributed by atoms with Crippen molar-refractivity contribution in [3.05, 3.63) is 69.6 Å². The van der Waals surface area contributed by atoms with Crippen LogP contribution in [0.15, 0.2) is 51.9 Å². The van der Waals surface area contributed by atoms with Crippen molar-refractivity contribution in [2.45, 2.75) is 32.6 Å². The molecule has 1 atom stereocenters. The van der Waals surface area contributed by atoms with Crippen LogP contribution in [0.5, 0.6) is 0 Å². The number of amidine groups is 1. The van der Waals surface area contributed by atoms with Crippen LogP contribution in [0.1, 0.15) is 44.6 Å². The number of anilines is 1. The number of hydrazone groups is 1. The maximum Gasteiger partial charge on any atom is 0.455 e. The second kappa shape index (κ2) is 13.7. The van der Waals surface area contributed by atoms with Crippen LogP contribution in [0.4, 0.5) is 18.9 Å². The predicted molar refractivity (Wildman–Crippen MR) is 145 cm³/mol. The summed E-state index contributed by atoms with van der Waals surface area (Å²) in [5, 5.41) is 28.2. The first-order valence-corrected chi connectivity index (χ1v) is 12.4. The molecule has 42 heavy (non-hydrogen) atoms. The number of amides is 2. The molecule has 0 spiro atoms. The molecular weight excluding hydrogens is 581 g/mol. The Bertz CT molecular complexity index is 1580. The molecule has 2 heterocycles. The number of alkyl halides is 3. The molecule has 0 bridgehead atoms. The zero-order valence-electron chi connectivity index (χ0n) is 22.4. The largest absolute Gasteiger partial charge is 0.455 e. The van der Waals surface area contributed by atoms with E-state index in [1.165, 1.54) is 37.6 Å². The Balaban J connectivity index is 2.03. The van der Waals surface area contributed by atoms with Gasteiger partial charge in [-0.3, -0.25) is 9.59 Å². The minimum atomic E-state index is -4.92. The van der Waals surface area contributed by atoms with Crippen molar-refractivity contribution in [2.75, 3.05) is 19.0 Å². The number of carbonyl (C=O) groups excluding carboxylic acids is 2. The molecule has 1 unspecified atom stereocenters. The van der Waals surface area contributed by atoms with Gasteiger partial charge in [-0.1, -0.05) is 11.6 Å². The van der Waals surface area contributed by atoms with Crippen molar-refractivity contribution in [1.82, 2.24) is 20.1 Å². The fourth-order valence-electron chi connectivity index (χ4n) is 3.66. The second-order valence-corrected chi connectivity index (χ2v) is 9.11. The highest BCUT2D eigenvalue weighted by molar-refractivity contribution is 6.32. The molecule has 2 amide bonds.